The van der Waals surface area contributed by atoms with Crippen molar-refractivity contribution in [2.45, 2.75) is 0 Å². The minimum absolute atomic E-state index is 0.0921. The second-order valence-electron chi connectivity index (χ2n) is 5.39. The fourth-order valence-electron chi connectivity index (χ4n) is 2.55. The van der Waals surface area contributed by atoms with Crippen LogP contribution in [0.3, 0.4) is 0 Å². The van der Waals surface area contributed by atoms with Gasteiger partial charge < -0.3 is 15.0 Å². The van der Waals surface area contributed by atoms with Crippen LogP contribution in [0.15, 0.2) is 30.5 Å². The van der Waals surface area contributed by atoms with Crippen molar-refractivity contribution < 1.29 is 14.5 Å². The molecule has 24 heavy (non-hydrogen) atoms. The Morgan fingerprint density at radius 2 is 2.08 bits per heavy atom. The van der Waals surface area contributed by atoms with Crippen molar-refractivity contribution in [2.75, 3.05) is 36.5 Å². The Labute approximate surface area is 138 Å². The van der Waals surface area contributed by atoms with E-state index in [1.54, 1.807) is 36.1 Å². The fourth-order valence-corrected chi connectivity index (χ4v) is 2.55. The third-order valence-electron chi connectivity index (χ3n) is 3.74. The lowest BCUT2D eigenvalue weighted by molar-refractivity contribution is -0.384. The molecule has 2 heterocycles. The number of nitrogens with one attached hydrogen (secondary N) is 1. The van der Waals surface area contributed by atoms with Crippen molar-refractivity contribution in [3.8, 4) is 0 Å². The molecule has 0 atom stereocenters. The van der Waals surface area contributed by atoms with E-state index in [-0.39, 0.29) is 11.3 Å². The van der Waals surface area contributed by atoms with Gasteiger partial charge in [-0.1, -0.05) is 0 Å². The summed E-state index contributed by atoms with van der Waals surface area (Å²) in [5.41, 5.74) is 0.618. The molecule has 0 aliphatic carbocycles. The van der Waals surface area contributed by atoms with Gasteiger partial charge in [0.25, 0.3) is 11.6 Å². The third-order valence-corrected chi connectivity index (χ3v) is 3.74. The average molecular weight is 331 g/mol. The first-order chi connectivity index (χ1) is 11.5. The molecule has 1 aromatic carbocycles. The molecule has 1 saturated heterocycles. The van der Waals surface area contributed by atoms with Crippen LogP contribution < -0.4 is 10.2 Å². The van der Waals surface area contributed by atoms with Gasteiger partial charge in [-0.25, -0.2) is 0 Å². The maximum Gasteiger partial charge on any atom is 0.293 e. The van der Waals surface area contributed by atoms with E-state index < -0.39 is 10.8 Å². The number of hydrogen-bond acceptors (Lipinski definition) is 6. The molecule has 3 rings (SSSR count). The van der Waals surface area contributed by atoms with E-state index in [0.29, 0.717) is 37.8 Å². The van der Waals surface area contributed by atoms with Crippen molar-refractivity contribution in [3.63, 3.8) is 0 Å². The standard InChI is InChI=1S/C15H17N5O4/c1-18-5-4-14(17-18)16-15(21)11-2-3-12(13(10-11)20(22)23)19-6-8-24-9-7-19/h2-5,10H,6-9H2,1H3,(H,16,17,21). The number of nitro benzene ring substituents is 1. The van der Waals surface area contributed by atoms with Gasteiger partial charge in [0.15, 0.2) is 5.82 Å². The number of ether oxygens (including phenoxy) is 1. The molecular formula is C15H17N5O4. The summed E-state index contributed by atoms with van der Waals surface area (Å²) in [6, 6.07) is 6.13. The Balaban J connectivity index is 1.85. The Morgan fingerprint density at radius 1 is 1.33 bits per heavy atom. The van der Waals surface area contributed by atoms with Gasteiger partial charge in [0.05, 0.1) is 18.1 Å². The minimum atomic E-state index is -0.470. The molecule has 1 amide bonds. The molecule has 2 aromatic rings. The highest BCUT2D eigenvalue weighted by Crippen LogP contribution is 2.30. The first-order valence-electron chi connectivity index (χ1n) is 7.47. The van der Waals surface area contributed by atoms with E-state index in [4.69, 9.17) is 4.74 Å². The predicted molar refractivity (Wildman–Crippen MR) is 87.3 cm³/mol. The Bertz CT molecular complexity index is 767. The maximum atomic E-state index is 12.3. The Kier molecular flexibility index (Phi) is 4.43. The van der Waals surface area contributed by atoms with E-state index in [9.17, 15) is 14.9 Å². The van der Waals surface area contributed by atoms with E-state index in [0.717, 1.165) is 0 Å². The quantitative estimate of drug-likeness (QED) is 0.671. The summed E-state index contributed by atoms with van der Waals surface area (Å²) < 4.78 is 6.82. The lowest BCUT2D eigenvalue weighted by atomic mass is 10.1. The molecule has 1 aromatic heterocycles. The third kappa shape index (κ3) is 3.35. The highest BCUT2D eigenvalue weighted by atomic mass is 16.6. The fraction of sp³-hybridized carbons (Fsp3) is 0.333. The summed E-state index contributed by atoms with van der Waals surface area (Å²) in [6.45, 7) is 2.22. The summed E-state index contributed by atoms with van der Waals surface area (Å²) in [5.74, 6) is -0.0484. The van der Waals surface area contributed by atoms with Crippen molar-refractivity contribution in [2.24, 2.45) is 7.05 Å². The normalized spacial score (nSPS) is 14.5. The zero-order valence-corrected chi connectivity index (χ0v) is 13.1. The first-order valence-corrected chi connectivity index (χ1v) is 7.47. The molecule has 9 heteroatoms. The number of nitro groups is 1. The number of amides is 1. The maximum absolute atomic E-state index is 12.3. The van der Waals surface area contributed by atoms with Gasteiger partial charge in [-0.2, -0.15) is 5.10 Å². The molecule has 1 N–H and O–H groups in total. The van der Waals surface area contributed by atoms with Gasteiger partial charge in [-0.05, 0) is 12.1 Å². The number of carbonyl (C=O) groups is 1. The zero-order valence-electron chi connectivity index (χ0n) is 13.1. The number of aryl methyl sites for hydroxylation is 1. The average Bonchev–Trinajstić information content (AvgIpc) is 3.00. The Hall–Kier alpha value is -2.94. The predicted octanol–water partition coefficient (Wildman–Crippen LogP) is 1.42. The van der Waals surface area contributed by atoms with Crippen molar-refractivity contribution >= 4 is 23.1 Å². The first kappa shape index (κ1) is 15.9. The number of benzene rings is 1. The number of nitrogens with zero attached hydrogens (tertiary/aromatic N) is 4. The SMILES string of the molecule is Cn1ccc(NC(=O)c2ccc(N3CCOCC3)c([N+](=O)[O-])c2)n1. The number of anilines is 2. The summed E-state index contributed by atoms with van der Waals surface area (Å²) in [6.07, 6.45) is 1.69. The molecule has 1 fully saturated rings. The summed E-state index contributed by atoms with van der Waals surface area (Å²) in [7, 11) is 1.73. The van der Waals surface area contributed by atoms with E-state index in [2.05, 4.69) is 10.4 Å². The number of rotatable bonds is 4. The molecule has 0 radical (unpaired) electrons. The van der Waals surface area contributed by atoms with Crippen LogP contribution in [-0.4, -0.2) is 46.9 Å². The molecule has 1 aliphatic heterocycles. The van der Waals surface area contributed by atoms with Gasteiger partial charge in [-0.15, -0.1) is 0 Å². The molecule has 9 nitrogen and oxygen atoms in total. The van der Waals surface area contributed by atoms with Gasteiger partial charge in [0, 0.05) is 44.0 Å². The van der Waals surface area contributed by atoms with Gasteiger partial charge in [0.1, 0.15) is 5.69 Å². The van der Waals surface area contributed by atoms with Crippen LogP contribution in [0.2, 0.25) is 0 Å². The summed E-state index contributed by atoms with van der Waals surface area (Å²) >= 11 is 0. The molecule has 0 bridgehead atoms. The molecule has 0 spiro atoms. The lowest BCUT2D eigenvalue weighted by Gasteiger charge is -2.28. The summed E-state index contributed by atoms with van der Waals surface area (Å²) in [4.78, 5) is 25.1. The van der Waals surface area contributed by atoms with Crippen LogP contribution >= 0.6 is 0 Å². The smallest absolute Gasteiger partial charge is 0.293 e. The van der Waals surface area contributed by atoms with Gasteiger partial charge in [0.2, 0.25) is 0 Å². The molecule has 1 aliphatic rings. The minimum Gasteiger partial charge on any atom is -0.378 e. The van der Waals surface area contributed by atoms with Crippen molar-refractivity contribution in [1.29, 1.82) is 0 Å². The van der Waals surface area contributed by atoms with Crippen LogP contribution in [-0.2, 0) is 11.8 Å². The molecule has 0 unspecified atom stereocenters. The second-order valence-corrected chi connectivity index (χ2v) is 5.39. The van der Waals surface area contributed by atoms with Crippen LogP contribution in [0.1, 0.15) is 10.4 Å². The van der Waals surface area contributed by atoms with Crippen LogP contribution in [0.25, 0.3) is 0 Å². The van der Waals surface area contributed by atoms with Gasteiger partial charge in [-0.3, -0.25) is 19.6 Å². The molecular weight excluding hydrogens is 314 g/mol. The summed E-state index contributed by atoms with van der Waals surface area (Å²) in [5, 5.41) is 18.1. The molecule has 126 valence electrons. The monoisotopic (exact) mass is 331 g/mol. The molecule has 0 saturated carbocycles. The lowest BCUT2D eigenvalue weighted by Crippen LogP contribution is -2.36. The number of hydrogen-bond donors (Lipinski definition) is 1. The van der Waals surface area contributed by atoms with E-state index in [1.165, 1.54) is 6.07 Å². The van der Waals surface area contributed by atoms with Crippen molar-refractivity contribution in [1.82, 2.24) is 9.78 Å². The number of aromatic nitrogens is 2. The van der Waals surface area contributed by atoms with Crippen LogP contribution in [0.5, 0.6) is 0 Å². The Morgan fingerprint density at radius 3 is 2.71 bits per heavy atom. The van der Waals surface area contributed by atoms with E-state index >= 15 is 0 Å². The number of carbonyl (C=O) groups excluding carboxylic acids is 1. The zero-order chi connectivity index (χ0) is 17.1. The topological polar surface area (TPSA) is 103 Å². The second kappa shape index (κ2) is 6.67. The largest absolute Gasteiger partial charge is 0.378 e. The van der Waals surface area contributed by atoms with Crippen LogP contribution in [0, 0.1) is 10.1 Å². The highest BCUT2D eigenvalue weighted by Gasteiger charge is 2.23. The van der Waals surface area contributed by atoms with Crippen molar-refractivity contribution in [3.05, 3.63) is 46.1 Å². The van der Waals surface area contributed by atoms with Gasteiger partial charge >= 0.3 is 0 Å². The van der Waals surface area contributed by atoms with E-state index in [1.807, 2.05) is 4.90 Å². The van der Waals surface area contributed by atoms with Crippen LogP contribution in [0.4, 0.5) is 17.2 Å². The highest BCUT2D eigenvalue weighted by molar-refractivity contribution is 6.04. The number of morpholine rings is 1.